The molecule has 0 aromatic heterocycles. The number of hydrogen-bond donors (Lipinski definition) is 3. The van der Waals surface area contributed by atoms with E-state index in [0.29, 0.717) is 25.9 Å². The first kappa shape index (κ1) is 59.6. The fraction of sp³-hybridized carbons (Fsp3) is 0.927. The van der Waals surface area contributed by atoms with Gasteiger partial charge in [-0.3, -0.25) is 9.59 Å². The second-order valence-electron chi connectivity index (χ2n) is 18.9. The molecule has 6 nitrogen and oxygen atoms in total. The minimum atomic E-state index is -0.666. The van der Waals surface area contributed by atoms with Crippen molar-refractivity contribution in [3.05, 3.63) is 12.2 Å². The van der Waals surface area contributed by atoms with Crippen LogP contribution in [0.2, 0.25) is 0 Å². The van der Waals surface area contributed by atoms with E-state index < -0.39 is 12.1 Å². The number of amides is 1. The van der Waals surface area contributed by atoms with Crippen LogP contribution in [0.15, 0.2) is 12.2 Å². The quantitative estimate of drug-likeness (QED) is 0.0322. The van der Waals surface area contributed by atoms with E-state index in [4.69, 9.17) is 4.74 Å². The Kier molecular flexibility index (Phi) is 50.1. The molecule has 2 atom stereocenters. The molecule has 0 aliphatic carbocycles. The molecule has 6 heteroatoms. The molecule has 362 valence electrons. The van der Waals surface area contributed by atoms with Crippen LogP contribution in [0.1, 0.15) is 303 Å². The minimum absolute atomic E-state index is 0.000435. The van der Waals surface area contributed by atoms with Gasteiger partial charge < -0.3 is 20.3 Å². The molecule has 0 aliphatic rings. The highest BCUT2D eigenvalue weighted by Crippen LogP contribution is 2.17. The number of ether oxygens (including phenoxy) is 1. The standard InChI is InChI=1S/C55H107NO5/c1-3-5-7-9-11-13-15-16-17-18-19-23-26-29-33-37-41-45-49-55(60)61-50-46-42-38-34-30-27-24-21-20-22-25-28-32-36-40-44-48-54(59)56-52(51-57)53(58)47-43-39-35-31-14-12-10-8-6-4-2/h17-18,52-53,57-58H,3-16,19-51H2,1-2H3,(H,56,59)/b18-17-. The lowest BCUT2D eigenvalue weighted by molar-refractivity contribution is -0.143. The zero-order chi connectivity index (χ0) is 44.4. The highest BCUT2D eigenvalue weighted by molar-refractivity contribution is 5.76. The zero-order valence-electron chi connectivity index (χ0n) is 41.2. The summed E-state index contributed by atoms with van der Waals surface area (Å²) in [7, 11) is 0. The fourth-order valence-electron chi connectivity index (χ4n) is 8.58. The average molecular weight is 862 g/mol. The molecule has 0 heterocycles. The SMILES string of the molecule is CCCCCCCCC/C=C\CCCCCCCCCC(=O)OCCCCCCCCCCCCCCCCCCC(=O)NC(CO)C(O)CCCCCCCCCCCC. The number of rotatable bonds is 51. The van der Waals surface area contributed by atoms with Crippen molar-refractivity contribution in [1.29, 1.82) is 0 Å². The number of nitrogens with one attached hydrogen (secondary N) is 1. The van der Waals surface area contributed by atoms with E-state index in [2.05, 4.69) is 31.3 Å². The number of carbonyl (C=O) groups excluding carboxylic acids is 2. The van der Waals surface area contributed by atoms with E-state index in [0.717, 1.165) is 44.9 Å². The van der Waals surface area contributed by atoms with E-state index in [1.807, 2.05) is 0 Å². The Labute approximate surface area is 380 Å². The van der Waals surface area contributed by atoms with Crippen LogP contribution in [0.3, 0.4) is 0 Å². The second kappa shape index (κ2) is 51.2. The van der Waals surface area contributed by atoms with Crippen molar-refractivity contribution in [2.45, 2.75) is 315 Å². The molecule has 3 N–H and O–H groups in total. The molecule has 1 amide bonds. The number of aliphatic hydroxyl groups excluding tert-OH is 2. The van der Waals surface area contributed by atoms with E-state index in [1.165, 1.54) is 225 Å². The third-order valence-electron chi connectivity index (χ3n) is 12.8. The number of esters is 1. The van der Waals surface area contributed by atoms with Crippen LogP contribution in [-0.4, -0.2) is 47.4 Å². The first-order valence-corrected chi connectivity index (χ1v) is 27.4. The molecule has 0 fully saturated rings. The molecule has 0 saturated heterocycles. The van der Waals surface area contributed by atoms with Gasteiger partial charge in [0.1, 0.15) is 0 Å². The lowest BCUT2D eigenvalue weighted by Gasteiger charge is -2.22. The average Bonchev–Trinajstić information content (AvgIpc) is 3.26. The van der Waals surface area contributed by atoms with E-state index in [9.17, 15) is 19.8 Å². The summed E-state index contributed by atoms with van der Waals surface area (Å²) in [5, 5.41) is 23.1. The topological polar surface area (TPSA) is 95.9 Å². The predicted molar refractivity (Wildman–Crippen MR) is 264 cm³/mol. The summed E-state index contributed by atoms with van der Waals surface area (Å²) in [6.45, 7) is 4.93. The predicted octanol–water partition coefficient (Wildman–Crippen LogP) is 16.5. The molecule has 0 bridgehead atoms. The molecule has 0 rings (SSSR count). The largest absolute Gasteiger partial charge is 0.466 e. The van der Waals surface area contributed by atoms with E-state index in [-0.39, 0.29) is 18.5 Å². The Morgan fingerprint density at radius 3 is 1.16 bits per heavy atom. The maximum atomic E-state index is 12.4. The van der Waals surface area contributed by atoms with Gasteiger partial charge in [0.05, 0.1) is 25.4 Å². The first-order valence-electron chi connectivity index (χ1n) is 27.4. The molecule has 61 heavy (non-hydrogen) atoms. The van der Waals surface area contributed by atoms with Crippen molar-refractivity contribution in [3.8, 4) is 0 Å². The smallest absolute Gasteiger partial charge is 0.305 e. The van der Waals surface area contributed by atoms with Crippen LogP contribution >= 0.6 is 0 Å². The van der Waals surface area contributed by atoms with Gasteiger partial charge in [-0.25, -0.2) is 0 Å². The summed E-state index contributed by atoms with van der Waals surface area (Å²) in [4.78, 5) is 24.5. The van der Waals surface area contributed by atoms with Gasteiger partial charge in [0.15, 0.2) is 0 Å². The Hall–Kier alpha value is -1.40. The van der Waals surface area contributed by atoms with Gasteiger partial charge in [0, 0.05) is 12.8 Å². The van der Waals surface area contributed by atoms with Crippen molar-refractivity contribution in [3.63, 3.8) is 0 Å². The van der Waals surface area contributed by atoms with Gasteiger partial charge in [-0.1, -0.05) is 251 Å². The van der Waals surface area contributed by atoms with Crippen molar-refractivity contribution in [2.24, 2.45) is 0 Å². The van der Waals surface area contributed by atoms with Gasteiger partial charge >= 0.3 is 5.97 Å². The summed E-state index contributed by atoms with van der Waals surface area (Å²) in [5.74, 6) is -0.0423. The molecule has 0 saturated carbocycles. The Morgan fingerprint density at radius 2 is 0.770 bits per heavy atom. The monoisotopic (exact) mass is 862 g/mol. The van der Waals surface area contributed by atoms with E-state index >= 15 is 0 Å². The van der Waals surface area contributed by atoms with Crippen LogP contribution in [0.4, 0.5) is 0 Å². The number of carbonyl (C=O) groups is 2. The van der Waals surface area contributed by atoms with Crippen LogP contribution in [0, 0.1) is 0 Å². The molecule has 0 aromatic carbocycles. The first-order chi connectivity index (χ1) is 30.0. The molecular formula is C55H107NO5. The van der Waals surface area contributed by atoms with Crippen LogP contribution in [0.25, 0.3) is 0 Å². The maximum absolute atomic E-state index is 12.4. The van der Waals surface area contributed by atoms with Gasteiger partial charge in [-0.05, 0) is 51.4 Å². The van der Waals surface area contributed by atoms with Crippen LogP contribution in [-0.2, 0) is 14.3 Å². The van der Waals surface area contributed by atoms with E-state index in [1.54, 1.807) is 0 Å². The third-order valence-corrected chi connectivity index (χ3v) is 12.8. The molecule has 0 aromatic rings. The normalized spacial score (nSPS) is 12.7. The number of allylic oxidation sites excluding steroid dienone is 2. The molecule has 0 spiro atoms. The number of unbranched alkanes of at least 4 members (excludes halogenated alkanes) is 38. The van der Waals surface area contributed by atoms with Crippen molar-refractivity contribution < 1.29 is 24.5 Å². The van der Waals surface area contributed by atoms with Gasteiger partial charge in [0.25, 0.3) is 0 Å². The summed E-state index contributed by atoms with van der Waals surface area (Å²) >= 11 is 0. The van der Waals surface area contributed by atoms with Gasteiger partial charge in [-0.2, -0.15) is 0 Å². The minimum Gasteiger partial charge on any atom is -0.466 e. The second-order valence-corrected chi connectivity index (χ2v) is 18.9. The van der Waals surface area contributed by atoms with Gasteiger partial charge in [0.2, 0.25) is 5.91 Å². The van der Waals surface area contributed by atoms with Crippen LogP contribution < -0.4 is 5.32 Å². The molecule has 2 unspecified atom stereocenters. The zero-order valence-corrected chi connectivity index (χ0v) is 41.2. The Morgan fingerprint density at radius 1 is 0.443 bits per heavy atom. The van der Waals surface area contributed by atoms with Crippen molar-refractivity contribution in [1.82, 2.24) is 5.32 Å². The Balaban J connectivity index is 3.38. The highest BCUT2D eigenvalue weighted by Gasteiger charge is 2.20. The maximum Gasteiger partial charge on any atom is 0.305 e. The Bertz CT molecular complexity index is 909. The van der Waals surface area contributed by atoms with Crippen molar-refractivity contribution in [2.75, 3.05) is 13.2 Å². The number of hydrogen-bond acceptors (Lipinski definition) is 5. The number of aliphatic hydroxyl groups is 2. The third kappa shape index (κ3) is 47.9. The molecule has 0 radical (unpaired) electrons. The van der Waals surface area contributed by atoms with Crippen LogP contribution in [0.5, 0.6) is 0 Å². The van der Waals surface area contributed by atoms with Gasteiger partial charge in [-0.15, -0.1) is 0 Å². The highest BCUT2D eigenvalue weighted by atomic mass is 16.5. The lowest BCUT2D eigenvalue weighted by atomic mass is 10.0. The summed E-state index contributed by atoms with van der Waals surface area (Å²) in [5.41, 5.74) is 0. The fourth-order valence-corrected chi connectivity index (χ4v) is 8.58. The molecular weight excluding hydrogens is 755 g/mol. The summed E-state index contributed by atoms with van der Waals surface area (Å²) in [6.07, 6.45) is 59.1. The molecule has 0 aliphatic heterocycles. The van der Waals surface area contributed by atoms with Crippen molar-refractivity contribution >= 4 is 11.9 Å². The summed E-state index contributed by atoms with van der Waals surface area (Å²) < 4.78 is 5.48. The lowest BCUT2D eigenvalue weighted by Crippen LogP contribution is -2.45. The summed E-state index contributed by atoms with van der Waals surface area (Å²) in [6, 6.07) is -0.544.